The summed E-state index contributed by atoms with van der Waals surface area (Å²) in [7, 11) is -3.31. The highest BCUT2D eigenvalue weighted by molar-refractivity contribution is 7.89. The minimum absolute atomic E-state index is 0.228. The molecule has 1 aromatic heterocycles. The highest BCUT2D eigenvalue weighted by Gasteiger charge is 2.39. The van der Waals surface area contributed by atoms with E-state index in [4.69, 9.17) is 9.47 Å². The first-order chi connectivity index (χ1) is 16.3. The first-order valence-corrected chi connectivity index (χ1v) is 14.0. The van der Waals surface area contributed by atoms with Crippen LogP contribution in [0.25, 0.3) is 10.2 Å². The normalized spacial score (nSPS) is 23.1. The van der Waals surface area contributed by atoms with Crippen molar-refractivity contribution in [2.75, 3.05) is 19.4 Å². The highest BCUT2D eigenvalue weighted by Crippen LogP contribution is 2.38. The van der Waals surface area contributed by atoms with E-state index in [0.717, 1.165) is 48.9 Å². The number of aromatic nitrogens is 1. The van der Waals surface area contributed by atoms with Gasteiger partial charge >= 0.3 is 0 Å². The Hall–Kier alpha value is -2.56. The van der Waals surface area contributed by atoms with Crippen LogP contribution in [0.3, 0.4) is 0 Å². The van der Waals surface area contributed by atoms with Crippen molar-refractivity contribution in [3.63, 3.8) is 0 Å². The number of piperidine rings is 1. The Bertz CT molecular complexity index is 1280. The highest BCUT2D eigenvalue weighted by atomic mass is 32.2. The summed E-state index contributed by atoms with van der Waals surface area (Å²) in [5.74, 6) is 1.35. The van der Waals surface area contributed by atoms with Crippen LogP contribution in [0.4, 0.5) is 4.39 Å². The van der Waals surface area contributed by atoms with Crippen LogP contribution in [0, 0.1) is 11.7 Å². The molecule has 10 heteroatoms. The van der Waals surface area contributed by atoms with Crippen LogP contribution in [0.15, 0.2) is 46.9 Å². The lowest BCUT2D eigenvalue weighted by atomic mass is 9.92. The number of ether oxygens (including phenoxy) is 2. The Morgan fingerprint density at radius 1 is 1.15 bits per heavy atom. The number of fused-ring (bicyclic) bond motifs is 3. The van der Waals surface area contributed by atoms with Gasteiger partial charge in [0.05, 0.1) is 16.5 Å². The van der Waals surface area contributed by atoms with Crippen molar-refractivity contribution in [2.24, 2.45) is 10.3 Å². The van der Waals surface area contributed by atoms with E-state index < -0.39 is 10.0 Å². The molecule has 180 valence electrons. The van der Waals surface area contributed by atoms with Gasteiger partial charge in [-0.2, -0.15) is 4.40 Å². The maximum Gasteiger partial charge on any atom is 0.279 e. The zero-order chi connectivity index (χ0) is 23.7. The standard InChI is InChI=1S/C24H26FN3O4S2/c1-34(29,30)26-15-16-12-18-3-4-19(13-16)28(18)10-11-31-20-5-7-21(8-6-20)32-24-27-22-9-2-17(25)14-23(22)33-24/h2,5-9,14-16,18-19H,3-4,10-13H2,1H3/b26-15-. The van der Waals surface area contributed by atoms with E-state index >= 15 is 0 Å². The summed E-state index contributed by atoms with van der Waals surface area (Å²) in [6, 6.07) is 12.8. The van der Waals surface area contributed by atoms with Gasteiger partial charge < -0.3 is 9.47 Å². The predicted octanol–water partition coefficient (Wildman–Crippen LogP) is 4.88. The maximum atomic E-state index is 13.4. The Morgan fingerprint density at radius 2 is 1.85 bits per heavy atom. The van der Waals surface area contributed by atoms with Crippen LogP contribution >= 0.6 is 11.3 Å². The fourth-order valence-electron chi connectivity index (χ4n) is 4.89. The molecule has 3 heterocycles. The van der Waals surface area contributed by atoms with Crippen LogP contribution in [0.1, 0.15) is 25.7 Å². The molecule has 2 fully saturated rings. The molecular formula is C24H26FN3O4S2. The van der Waals surface area contributed by atoms with Crippen molar-refractivity contribution in [2.45, 2.75) is 37.8 Å². The van der Waals surface area contributed by atoms with E-state index in [1.807, 2.05) is 24.3 Å². The molecule has 2 bridgehead atoms. The van der Waals surface area contributed by atoms with Gasteiger partial charge in [-0.25, -0.2) is 17.8 Å². The van der Waals surface area contributed by atoms with E-state index in [0.29, 0.717) is 35.2 Å². The molecule has 3 aromatic rings. The topological polar surface area (TPSA) is 81.1 Å². The molecule has 2 aromatic carbocycles. The second kappa shape index (κ2) is 9.59. The summed E-state index contributed by atoms with van der Waals surface area (Å²) in [5, 5.41) is 0.467. The summed E-state index contributed by atoms with van der Waals surface area (Å²) in [5.41, 5.74) is 0.710. The van der Waals surface area contributed by atoms with Gasteiger partial charge in [-0.1, -0.05) is 11.3 Å². The third-order valence-corrected chi connectivity index (χ3v) is 7.76. The van der Waals surface area contributed by atoms with Gasteiger partial charge in [-0.3, -0.25) is 4.90 Å². The molecule has 0 spiro atoms. The molecule has 0 amide bonds. The van der Waals surface area contributed by atoms with E-state index in [2.05, 4.69) is 14.3 Å². The molecule has 0 radical (unpaired) electrons. The fraction of sp³-hybridized carbons (Fsp3) is 0.417. The lowest BCUT2D eigenvalue weighted by Gasteiger charge is -2.37. The number of benzene rings is 2. The predicted molar refractivity (Wildman–Crippen MR) is 131 cm³/mol. The molecule has 2 saturated heterocycles. The van der Waals surface area contributed by atoms with Gasteiger partial charge in [0.15, 0.2) is 0 Å². The number of rotatable bonds is 8. The molecular weight excluding hydrogens is 477 g/mol. The Balaban J connectivity index is 1.11. The fourth-order valence-corrected chi connectivity index (χ4v) is 6.15. The van der Waals surface area contributed by atoms with E-state index in [-0.39, 0.29) is 11.7 Å². The monoisotopic (exact) mass is 503 g/mol. The van der Waals surface area contributed by atoms with Gasteiger partial charge in [0.2, 0.25) is 10.0 Å². The Labute approximate surface area is 202 Å². The van der Waals surface area contributed by atoms with Gasteiger partial charge in [0.25, 0.3) is 5.19 Å². The number of halogens is 1. The first-order valence-electron chi connectivity index (χ1n) is 11.3. The average Bonchev–Trinajstić information content (AvgIpc) is 3.28. The third kappa shape index (κ3) is 5.56. The Morgan fingerprint density at radius 3 is 2.56 bits per heavy atom. The molecule has 2 aliphatic heterocycles. The number of hydrogen-bond acceptors (Lipinski definition) is 7. The van der Waals surface area contributed by atoms with E-state index in [1.165, 1.54) is 23.5 Å². The molecule has 2 unspecified atom stereocenters. The zero-order valence-electron chi connectivity index (χ0n) is 18.8. The van der Waals surface area contributed by atoms with Crippen molar-refractivity contribution in [1.82, 2.24) is 9.88 Å². The second-order valence-electron chi connectivity index (χ2n) is 8.86. The van der Waals surface area contributed by atoms with Crippen LogP contribution < -0.4 is 9.47 Å². The number of nitrogens with zero attached hydrogens (tertiary/aromatic N) is 3. The Kier molecular flexibility index (Phi) is 6.54. The van der Waals surface area contributed by atoms with Gasteiger partial charge in [0, 0.05) is 24.8 Å². The van der Waals surface area contributed by atoms with Crippen LogP contribution in [0.2, 0.25) is 0 Å². The quantitative estimate of drug-likeness (QED) is 0.408. The summed E-state index contributed by atoms with van der Waals surface area (Å²) in [6.07, 6.45) is 6.92. The van der Waals surface area contributed by atoms with Gasteiger partial charge in [0.1, 0.15) is 23.9 Å². The van der Waals surface area contributed by atoms with Crippen molar-refractivity contribution >= 4 is 37.8 Å². The first kappa shape index (κ1) is 23.2. The van der Waals surface area contributed by atoms with Crippen molar-refractivity contribution in [1.29, 1.82) is 0 Å². The third-order valence-electron chi connectivity index (χ3n) is 6.36. The molecule has 34 heavy (non-hydrogen) atoms. The summed E-state index contributed by atoms with van der Waals surface area (Å²) >= 11 is 1.30. The van der Waals surface area contributed by atoms with Gasteiger partial charge in [-0.15, -0.1) is 0 Å². The molecule has 0 saturated carbocycles. The zero-order valence-corrected chi connectivity index (χ0v) is 20.4. The smallest absolute Gasteiger partial charge is 0.279 e. The van der Waals surface area contributed by atoms with Crippen LogP contribution in [-0.2, 0) is 10.0 Å². The molecule has 5 rings (SSSR count). The SMILES string of the molecule is CS(=O)(=O)/N=C\C1CC2CCC(C1)N2CCOc1ccc(Oc2nc3ccc(F)cc3s2)cc1. The van der Waals surface area contributed by atoms with E-state index in [1.54, 1.807) is 12.3 Å². The summed E-state index contributed by atoms with van der Waals surface area (Å²) < 4.78 is 52.2. The number of thiazole rings is 1. The average molecular weight is 504 g/mol. The van der Waals surface area contributed by atoms with Crippen molar-refractivity contribution < 1.29 is 22.3 Å². The largest absolute Gasteiger partial charge is 0.492 e. The van der Waals surface area contributed by atoms with Crippen molar-refractivity contribution in [3.05, 3.63) is 48.3 Å². The lowest BCUT2D eigenvalue weighted by Crippen LogP contribution is -2.45. The molecule has 2 atom stereocenters. The van der Waals surface area contributed by atoms with Crippen LogP contribution in [0.5, 0.6) is 16.7 Å². The molecule has 0 N–H and O–H groups in total. The minimum atomic E-state index is -3.31. The van der Waals surface area contributed by atoms with Crippen LogP contribution in [-0.4, -0.2) is 56.0 Å². The van der Waals surface area contributed by atoms with Gasteiger partial charge in [-0.05, 0) is 74.1 Å². The van der Waals surface area contributed by atoms with E-state index in [9.17, 15) is 12.8 Å². The minimum Gasteiger partial charge on any atom is -0.492 e. The molecule has 0 aliphatic carbocycles. The summed E-state index contributed by atoms with van der Waals surface area (Å²) in [6.45, 7) is 1.42. The maximum absolute atomic E-state index is 13.4. The lowest BCUT2D eigenvalue weighted by molar-refractivity contribution is 0.104. The molecule has 2 aliphatic rings. The number of sulfonamides is 1. The second-order valence-corrected chi connectivity index (χ2v) is 11.5. The number of hydrogen-bond donors (Lipinski definition) is 0. The molecule has 7 nitrogen and oxygen atoms in total. The summed E-state index contributed by atoms with van der Waals surface area (Å²) in [4.78, 5) is 6.87. The van der Waals surface area contributed by atoms with Crippen molar-refractivity contribution in [3.8, 4) is 16.7 Å².